The first-order chi connectivity index (χ1) is 13.4. The number of thiophene rings is 1. The van der Waals surface area contributed by atoms with Crippen LogP contribution in [0, 0.1) is 0 Å². The van der Waals surface area contributed by atoms with Crippen LogP contribution in [0.3, 0.4) is 0 Å². The summed E-state index contributed by atoms with van der Waals surface area (Å²) in [7, 11) is -1.44. The van der Waals surface area contributed by atoms with Gasteiger partial charge in [0, 0.05) is 42.9 Å². The Morgan fingerprint density at radius 3 is 2.64 bits per heavy atom. The number of hydrogen-bond donors (Lipinski definition) is 1. The molecule has 2 aromatic rings. The summed E-state index contributed by atoms with van der Waals surface area (Å²) in [6.45, 7) is 4.11. The number of amides is 1. The molecule has 28 heavy (non-hydrogen) atoms. The predicted molar refractivity (Wildman–Crippen MR) is 115 cm³/mol. The van der Waals surface area contributed by atoms with Crippen LogP contribution in [-0.2, 0) is 21.2 Å². The number of nitrogens with zero attached hydrogens (tertiary/aromatic N) is 2. The highest BCUT2D eigenvalue weighted by Gasteiger charge is 2.27. The summed E-state index contributed by atoms with van der Waals surface area (Å²) in [5.41, 5.74) is 1.77. The predicted octanol–water partition coefficient (Wildman–Crippen LogP) is 3.56. The number of anilines is 2. The third-order valence-electron chi connectivity index (χ3n) is 4.93. The standard InChI is InChI=1S/C20H27N3O3S2/c1-3-22(2)17-9-7-8-16(14-17)21-19(24)15-18-10-11-20(27-18)28(25,26)23-12-5-4-6-13-23/h7-11,14H,3-6,12-13,15H2,1-2H3,(H,21,24). The number of rotatable bonds is 7. The van der Waals surface area contributed by atoms with E-state index in [0.717, 1.165) is 42.1 Å². The number of piperidine rings is 1. The molecule has 1 aliphatic heterocycles. The van der Waals surface area contributed by atoms with Crippen molar-refractivity contribution in [2.24, 2.45) is 0 Å². The van der Waals surface area contributed by atoms with Gasteiger partial charge in [-0.3, -0.25) is 4.79 Å². The Morgan fingerprint density at radius 2 is 1.93 bits per heavy atom. The maximum absolute atomic E-state index is 12.7. The van der Waals surface area contributed by atoms with Crippen molar-refractivity contribution in [1.82, 2.24) is 4.31 Å². The van der Waals surface area contributed by atoms with E-state index in [0.29, 0.717) is 17.3 Å². The second kappa shape index (κ2) is 9.07. The van der Waals surface area contributed by atoms with Crippen molar-refractivity contribution in [3.8, 4) is 0 Å². The number of carbonyl (C=O) groups is 1. The summed E-state index contributed by atoms with van der Waals surface area (Å²) >= 11 is 1.19. The van der Waals surface area contributed by atoms with Gasteiger partial charge in [-0.1, -0.05) is 12.5 Å². The molecule has 1 N–H and O–H groups in total. The second-order valence-electron chi connectivity index (χ2n) is 6.97. The fourth-order valence-electron chi connectivity index (χ4n) is 3.19. The van der Waals surface area contributed by atoms with Gasteiger partial charge in [-0.2, -0.15) is 4.31 Å². The van der Waals surface area contributed by atoms with E-state index in [9.17, 15) is 13.2 Å². The fraction of sp³-hybridized carbons (Fsp3) is 0.450. The van der Waals surface area contributed by atoms with Gasteiger partial charge in [0.2, 0.25) is 5.91 Å². The van der Waals surface area contributed by atoms with Gasteiger partial charge < -0.3 is 10.2 Å². The van der Waals surface area contributed by atoms with Crippen LogP contribution in [0.5, 0.6) is 0 Å². The molecule has 1 aromatic carbocycles. The third-order valence-corrected chi connectivity index (χ3v) is 8.38. The molecule has 0 radical (unpaired) electrons. The minimum Gasteiger partial charge on any atom is -0.375 e. The molecule has 0 spiro atoms. The van der Waals surface area contributed by atoms with Gasteiger partial charge in [0.05, 0.1) is 6.42 Å². The van der Waals surface area contributed by atoms with Gasteiger partial charge in [0.15, 0.2) is 0 Å². The lowest BCUT2D eigenvalue weighted by atomic mass is 10.2. The average molecular weight is 422 g/mol. The molecule has 1 amide bonds. The Kier molecular flexibility index (Phi) is 6.74. The molecule has 1 saturated heterocycles. The molecule has 0 aliphatic carbocycles. The Balaban J connectivity index is 1.64. The number of carbonyl (C=O) groups excluding carboxylic acids is 1. The van der Waals surface area contributed by atoms with E-state index in [1.165, 1.54) is 11.3 Å². The van der Waals surface area contributed by atoms with Crippen LogP contribution in [-0.4, -0.2) is 45.3 Å². The molecular formula is C20H27N3O3S2. The van der Waals surface area contributed by atoms with Crippen molar-refractivity contribution >= 4 is 38.6 Å². The molecule has 0 unspecified atom stereocenters. The van der Waals surface area contributed by atoms with Gasteiger partial charge in [-0.05, 0) is 50.1 Å². The molecule has 2 heterocycles. The van der Waals surface area contributed by atoms with Crippen LogP contribution in [0.25, 0.3) is 0 Å². The largest absolute Gasteiger partial charge is 0.375 e. The summed E-state index contributed by atoms with van der Waals surface area (Å²) < 4.78 is 27.4. The van der Waals surface area contributed by atoms with E-state index in [2.05, 4.69) is 17.1 Å². The van der Waals surface area contributed by atoms with Crippen molar-refractivity contribution in [2.45, 2.75) is 36.8 Å². The maximum atomic E-state index is 12.7. The first kappa shape index (κ1) is 20.8. The van der Waals surface area contributed by atoms with Gasteiger partial charge in [0.1, 0.15) is 4.21 Å². The summed E-state index contributed by atoms with van der Waals surface area (Å²) in [5.74, 6) is -0.153. The highest BCUT2D eigenvalue weighted by atomic mass is 32.2. The van der Waals surface area contributed by atoms with Gasteiger partial charge >= 0.3 is 0 Å². The summed E-state index contributed by atoms with van der Waals surface area (Å²) in [5, 5.41) is 2.90. The van der Waals surface area contributed by atoms with Crippen LogP contribution in [0.4, 0.5) is 11.4 Å². The zero-order valence-corrected chi connectivity index (χ0v) is 18.0. The molecule has 1 fully saturated rings. The van der Waals surface area contributed by atoms with Crippen LogP contribution in [0.1, 0.15) is 31.1 Å². The lowest BCUT2D eigenvalue weighted by Gasteiger charge is -2.25. The van der Waals surface area contributed by atoms with E-state index in [4.69, 9.17) is 0 Å². The third kappa shape index (κ3) is 4.92. The molecular weight excluding hydrogens is 394 g/mol. The van der Waals surface area contributed by atoms with Crippen molar-refractivity contribution in [2.75, 3.05) is 36.9 Å². The van der Waals surface area contributed by atoms with Crippen molar-refractivity contribution < 1.29 is 13.2 Å². The number of nitrogens with one attached hydrogen (secondary N) is 1. The van der Waals surface area contributed by atoms with E-state index in [1.807, 2.05) is 31.3 Å². The van der Waals surface area contributed by atoms with Gasteiger partial charge in [-0.15, -0.1) is 11.3 Å². The van der Waals surface area contributed by atoms with E-state index >= 15 is 0 Å². The highest BCUT2D eigenvalue weighted by molar-refractivity contribution is 7.91. The molecule has 8 heteroatoms. The van der Waals surface area contributed by atoms with Crippen LogP contribution in [0.2, 0.25) is 0 Å². The number of hydrogen-bond acceptors (Lipinski definition) is 5. The SMILES string of the molecule is CCN(C)c1cccc(NC(=O)Cc2ccc(S(=O)(=O)N3CCCCC3)s2)c1. The Hall–Kier alpha value is -1.90. The molecule has 1 aromatic heterocycles. The number of benzene rings is 1. The fourth-order valence-corrected chi connectivity index (χ4v) is 6.22. The van der Waals surface area contributed by atoms with Crippen LogP contribution in [0.15, 0.2) is 40.6 Å². The number of sulfonamides is 1. The van der Waals surface area contributed by atoms with Crippen LogP contribution >= 0.6 is 11.3 Å². The molecule has 6 nitrogen and oxygen atoms in total. The lowest BCUT2D eigenvalue weighted by Crippen LogP contribution is -2.35. The molecule has 3 rings (SSSR count). The molecule has 152 valence electrons. The first-order valence-electron chi connectivity index (χ1n) is 9.60. The average Bonchev–Trinajstić information content (AvgIpc) is 3.17. The molecule has 0 bridgehead atoms. The van der Waals surface area contributed by atoms with E-state index < -0.39 is 10.0 Å². The van der Waals surface area contributed by atoms with E-state index in [-0.39, 0.29) is 12.3 Å². The Morgan fingerprint density at radius 1 is 1.18 bits per heavy atom. The minimum atomic E-state index is -3.44. The van der Waals surface area contributed by atoms with Crippen LogP contribution < -0.4 is 10.2 Å². The minimum absolute atomic E-state index is 0.153. The molecule has 0 atom stereocenters. The zero-order chi connectivity index (χ0) is 20.1. The van der Waals surface area contributed by atoms with Gasteiger partial charge in [0.25, 0.3) is 10.0 Å². The topological polar surface area (TPSA) is 69.7 Å². The quantitative estimate of drug-likeness (QED) is 0.742. The molecule has 0 saturated carbocycles. The Labute approximate surface area is 171 Å². The monoisotopic (exact) mass is 421 g/mol. The second-order valence-corrected chi connectivity index (χ2v) is 10.3. The lowest BCUT2D eigenvalue weighted by molar-refractivity contribution is -0.115. The van der Waals surface area contributed by atoms with E-state index in [1.54, 1.807) is 16.4 Å². The summed E-state index contributed by atoms with van der Waals surface area (Å²) in [4.78, 5) is 15.3. The normalized spacial score (nSPS) is 15.4. The van der Waals surface area contributed by atoms with Crippen molar-refractivity contribution in [3.05, 3.63) is 41.3 Å². The molecule has 1 aliphatic rings. The highest BCUT2D eigenvalue weighted by Crippen LogP contribution is 2.27. The zero-order valence-electron chi connectivity index (χ0n) is 16.3. The van der Waals surface area contributed by atoms with Crippen molar-refractivity contribution in [3.63, 3.8) is 0 Å². The maximum Gasteiger partial charge on any atom is 0.252 e. The van der Waals surface area contributed by atoms with Gasteiger partial charge in [-0.25, -0.2) is 8.42 Å². The smallest absolute Gasteiger partial charge is 0.252 e. The van der Waals surface area contributed by atoms with Crippen molar-refractivity contribution in [1.29, 1.82) is 0 Å². The Bertz CT molecular complexity index is 918. The first-order valence-corrected chi connectivity index (χ1v) is 11.9. The summed E-state index contributed by atoms with van der Waals surface area (Å²) in [6.07, 6.45) is 3.06. The summed E-state index contributed by atoms with van der Waals surface area (Å²) in [6, 6.07) is 11.0.